The molecule has 2 aliphatic heterocycles. The summed E-state index contributed by atoms with van der Waals surface area (Å²) in [6, 6.07) is 4.81. The maximum Gasteiger partial charge on any atom is 0.157 e. The Morgan fingerprint density at radius 1 is 1.18 bits per heavy atom. The molecule has 22 heavy (non-hydrogen) atoms. The summed E-state index contributed by atoms with van der Waals surface area (Å²) >= 11 is 0. The minimum atomic E-state index is 0.693. The van der Waals surface area contributed by atoms with E-state index < -0.39 is 0 Å². The Kier molecular flexibility index (Phi) is 3.50. The van der Waals surface area contributed by atoms with Crippen LogP contribution >= 0.6 is 0 Å². The normalized spacial score (nSPS) is 21.5. The highest BCUT2D eigenvalue weighted by atomic mass is 15.4. The van der Waals surface area contributed by atoms with Crippen molar-refractivity contribution in [3.8, 4) is 0 Å². The maximum absolute atomic E-state index is 4.52. The fraction of sp³-hybridized carbons (Fsp3) is 0.625. The zero-order valence-electron chi connectivity index (χ0n) is 13.4. The maximum atomic E-state index is 4.52. The first-order chi connectivity index (χ1) is 10.7. The van der Waals surface area contributed by atoms with Gasteiger partial charge in [-0.05, 0) is 13.5 Å². The zero-order chi connectivity index (χ0) is 15.1. The van der Waals surface area contributed by atoms with Gasteiger partial charge in [0.05, 0.1) is 6.20 Å². The second kappa shape index (κ2) is 5.52. The summed E-state index contributed by atoms with van der Waals surface area (Å²) < 4.78 is 1.96. The second-order valence-corrected chi connectivity index (χ2v) is 6.39. The number of likely N-dealkylation sites (N-methyl/N-ethyl adjacent to an activating group) is 1. The van der Waals surface area contributed by atoms with Crippen LogP contribution in [0.25, 0.3) is 5.65 Å². The van der Waals surface area contributed by atoms with E-state index in [0.29, 0.717) is 6.04 Å². The van der Waals surface area contributed by atoms with Crippen LogP contribution in [0.3, 0.4) is 0 Å². The Balaban J connectivity index is 1.43. The fourth-order valence-corrected chi connectivity index (χ4v) is 3.56. The van der Waals surface area contributed by atoms with Gasteiger partial charge in [-0.15, -0.1) is 0 Å². The van der Waals surface area contributed by atoms with Crippen molar-refractivity contribution in [1.29, 1.82) is 0 Å². The van der Waals surface area contributed by atoms with E-state index in [-0.39, 0.29) is 0 Å². The molecule has 4 rings (SSSR count). The highest BCUT2D eigenvalue weighted by molar-refractivity contribution is 5.52. The molecule has 2 fully saturated rings. The van der Waals surface area contributed by atoms with Crippen molar-refractivity contribution in [1.82, 2.24) is 24.4 Å². The van der Waals surface area contributed by atoms with E-state index in [9.17, 15) is 0 Å². The van der Waals surface area contributed by atoms with Crippen LogP contribution in [0.2, 0.25) is 0 Å². The summed E-state index contributed by atoms with van der Waals surface area (Å²) in [7, 11) is 0. The Morgan fingerprint density at radius 2 is 1.95 bits per heavy atom. The van der Waals surface area contributed by atoms with Crippen LogP contribution in [0.5, 0.6) is 0 Å². The fourth-order valence-electron chi connectivity index (χ4n) is 3.56. The van der Waals surface area contributed by atoms with Gasteiger partial charge in [0.2, 0.25) is 0 Å². The summed E-state index contributed by atoms with van der Waals surface area (Å²) in [5.74, 6) is 1.18. The third-order valence-corrected chi connectivity index (χ3v) is 5.03. The lowest BCUT2D eigenvalue weighted by molar-refractivity contribution is 0.0858. The van der Waals surface area contributed by atoms with Gasteiger partial charge < -0.3 is 9.80 Å². The summed E-state index contributed by atoms with van der Waals surface area (Å²) in [4.78, 5) is 12.1. The molecule has 6 nitrogen and oxygen atoms in total. The molecule has 4 heterocycles. The van der Waals surface area contributed by atoms with Crippen molar-refractivity contribution in [3.63, 3.8) is 0 Å². The Labute approximate surface area is 131 Å². The van der Waals surface area contributed by atoms with Crippen LogP contribution in [0.1, 0.15) is 12.6 Å². The first kappa shape index (κ1) is 14.0. The molecular formula is C16H24N6. The van der Waals surface area contributed by atoms with Gasteiger partial charge in [0.15, 0.2) is 5.65 Å². The predicted octanol–water partition coefficient (Wildman–Crippen LogP) is 0.864. The minimum absolute atomic E-state index is 0.693. The van der Waals surface area contributed by atoms with E-state index in [1.54, 1.807) is 0 Å². The molecule has 0 amide bonds. The van der Waals surface area contributed by atoms with Crippen LogP contribution in [0.4, 0.5) is 5.82 Å². The summed E-state index contributed by atoms with van der Waals surface area (Å²) in [6.45, 7) is 12.5. The van der Waals surface area contributed by atoms with E-state index in [1.807, 2.05) is 16.8 Å². The summed E-state index contributed by atoms with van der Waals surface area (Å²) in [5, 5.41) is 4.41. The van der Waals surface area contributed by atoms with Crippen LogP contribution < -0.4 is 4.90 Å². The molecule has 6 heteroatoms. The molecular weight excluding hydrogens is 276 g/mol. The topological polar surface area (TPSA) is 39.9 Å². The van der Waals surface area contributed by atoms with Crippen molar-refractivity contribution in [2.75, 3.05) is 50.7 Å². The quantitative estimate of drug-likeness (QED) is 0.841. The van der Waals surface area contributed by atoms with Gasteiger partial charge in [0.1, 0.15) is 5.82 Å². The smallest absolute Gasteiger partial charge is 0.157 e. The van der Waals surface area contributed by atoms with Crippen molar-refractivity contribution < 1.29 is 0 Å². The average molecular weight is 300 g/mol. The standard InChI is InChI=1S/C16H24N6/c1-3-19-6-8-20(9-7-19)14-11-21(12-14)16-10-13(2)18-15-4-5-17-22(15)16/h4-5,10,14H,3,6-9,11-12H2,1-2H3. The third-order valence-electron chi connectivity index (χ3n) is 5.03. The van der Waals surface area contributed by atoms with Crippen molar-refractivity contribution in [2.45, 2.75) is 19.9 Å². The van der Waals surface area contributed by atoms with Crippen molar-refractivity contribution in [3.05, 3.63) is 24.0 Å². The molecule has 0 unspecified atom stereocenters. The van der Waals surface area contributed by atoms with E-state index in [1.165, 1.54) is 38.5 Å². The van der Waals surface area contributed by atoms with E-state index in [0.717, 1.165) is 24.4 Å². The van der Waals surface area contributed by atoms with Crippen LogP contribution in [-0.4, -0.2) is 76.3 Å². The largest absolute Gasteiger partial charge is 0.353 e. The predicted molar refractivity (Wildman–Crippen MR) is 87.4 cm³/mol. The van der Waals surface area contributed by atoms with Crippen LogP contribution in [-0.2, 0) is 0 Å². The highest BCUT2D eigenvalue weighted by Crippen LogP contribution is 2.25. The molecule has 2 aromatic heterocycles. The lowest BCUT2D eigenvalue weighted by Gasteiger charge is -2.48. The lowest BCUT2D eigenvalue weighted by Crippen LogP contribution is -2.63. The number of hydrogen-bond acceptors (Lipinski definition) is 5. The van der Waals surface area contributed by atoms with Gasteiger partial charge in [-0.1, -0.05) is 6.92 Å². The van der Waals surface area contributed by atoms with Gasteiger partial charge >= 0.3 is 0 Å². The highest BCUT2D eigenvalue weighted by Gasteiger charge is 2.34. The van der Waals surface area contributed by atoms with Gasteiger partial charge in [-0.3, -0.25) is 4.90 Å². The molecule has 0 saturated carbocycles. The number of aromatic nitrogens is 3. The second-order valence-electron chi connectivity index (χ2n) is 6.39. The number of fused-ring (bicyclic) bond motifs is 1. The molecule has 0 bridgehead atoms. The van der Waals surface area contributed by atoms with E-state index in [4.69, 9.17) is 0 Å². The number of rotatable bonds is 3. The van der Waals surface area contributed by atoms with Crippen molar-refractivity contribution in [2.24, 2.45) is 0 Å². The zero-order valence-corrected chi connectivity index (χ0v) is 13.4. The monoisotopic (exact) mass is 300 g/mol. The minimum Gasteiger partial charge on any atom is -0.353 e. The van der Waals surface area contributed by atoms with E-state index in [2.05, 4.69) is 44.7 Å². The lowest BCUT2D eigenvalue weighted by atomic mass is 10.1. The molecule has 0 spiro atoms. The van der Waals surface area contributed by atoms with Crippen molar-refractivity contribution >= 4 is 11.5 Å². The number of piperazine rings is 1. The molecule has 2 aromatic rings. The molecule has 0 atom stereocenters. The Morgan fingerprint density at radius 3 is 2.68 bits per heavy atom. The molecule has 0 N–H and O–H groups in total. The molecule has 0 aromatic carbocycles. The first-order valence-electron chi connectivity index (χ1n) is 8.27. The Hall–Kier alpha value is -1.66. The van der Waals surface area contributed by atoms with Crippen LogP contribution in [0, 0.1) is 6.92 Å². The van der Waals surface area contributed by atoms with Gasteiger partial charge in [-0.2, -0.15) is 9.61 Å². The van der Waals surface area contributed by atoms with E-state index >= 15 is 0 Å². The average Bonchev–Trinajstić information content (AvgIpc) is 2.94. The number of nitrogens with zero attached hydrogens (tertiary/aromatic N) is 6. The number of hydrogen-bond donors (Lipinski definition) is 0. The van der Waals surface area contributed by atoms with Gasteiger partial charge in [0, 0.05) is 63.1 Å². The summed E-state index contributed by atoms with van der Waals surface area (Å²) in [6.07, 6.45) is 1.83. The first-order valence-corrected chi connectivity index (χ1v) is 8.27. The summed E-state index contributed by atoms with van der Waals surface area (Å²) in [5.41, 5.74) is 2.00. The van der Waals surface area contributed by atoms with Crippen LogP contribution in [0.15, 0.2) is 18.3 Å². The van der Waals surface area contributed by atoms with Gasteiger partial charge in [-0.25, -0.2) is 4.98 Å². The molecule has 0 radical (unpaired) electrons. The third kappa shape index (κ3) is 2.36. The number of aryl methyl sites for hydroxylation is 1. The molecule has 2 aliphatic rings. The molecule has 118 valence electrons. The number of anilines is 1. The molecule has 0 aliphatic carbocycles. The molecule has 2 saturated heterocycles. The SMILES string of the molecule is CCN1CCN(C2CN(c3cc(C)nc4ccnn34)C2)CC1. The van der Waals surface area contributed by atoms with Gasteiger partial charge in [0.25, 0.3) is 0 Å². The Bertz CT molecular complexity index is 652.